The standard InChI is InChI=1S/C24H26N2O5/c1-6-30-23(28)21-19(14-31-26-21)15-8-7-9-17(12-15)25-22(27)18-13-16(24(2,3)4)10-11-20(18)29-5/h7-14H,6H2,1-5H3,(H,25,27). The van der Waals surface area contributed by atoms with Gasteiger partial charge < -0.3 is 19.3 Å². The molecule has 0 aliphatic heterocycles. The van der Waals surface area contributed by atoms with Gasteiger partial charge in [0.25, 0.3) is 5.91 Å². The number of hydrogen-bond acceptors (Lipinski definition) is 6. The fraction of sp³-hybridized carbons (Fsp3) is 0.292. The van der Waals surface area contributed by atoms with E-state index in [1.807, 2.05) is 12.1 Å². The maximum atomic E-state index is 13.0. The number of benzene rings is 2. The van der Waals surface area contributed by atoms with E-state index in [0.29, 0.717) is 28.1 Å². The van der Waals surface area contributed by atoms with Crippen LogP contribution >= 0.6 is 0 Å². The molecule has 0 spiro atoms. The largest absolute Gasteiger partial charge is 0.496 e. The smallest absolute Gasteiger partial charge is 0.361 e. The Morgan fingerprint density at radius 1 is 1.13 bits per heavy atom. The van der Waals surface area contributed by atoms with E-state index in [-0.39, 0.29) is 23.6 Å². The highest BCUT2D eigenvalue weighted by Crippen LogP contribution is 2.30. The van der Waals surface area contributed by atoms with Gasteiger partial charge in [-0.05, 0) is 47.7 Å². The van der Waals surface area contributed by atoms with E-state index in [0.717, 1.165) is 5.56 Å². The molecule has 0 atom stereocenters. The summed E-state index contributed by atoms with van der Waals surface area (Å²) in [4.78, 5) is 25.1. The minimum absolute atomic E-state index is 0.0878. The minimum atomic E-state index is -0.565. The Balaban J connectivity index is 1.90. The van der Waals surface area contributed by atoms with Gasteiger partial charge in [-0.15, -0.1) is 0 Å². The van der Waals surface area contributed by atoms with E-state index in [2.05, 4.69) is 31.2 Å². The van der Waals surface area contributed by atoms with Crippen molar-refractivity contribution >= 4 is 17.6 Å². The van der Waals surface area contributed by atoms with Crippen LogP contribution in [0.4, 0.5) is 5.69 Å². The third-order valence-corrected chi connectivity index (χ3v) is 4.78. The number of hydrogen-bond donors (Lipinski definition) is 1. The molecular formula is C24H26N2O5. The summed E-state index contributed by atoms with van der Waals surface area (Å²) in [6.07, 6.45) is 1.38. The molecule has 3 aromatic rings. The van der Waals surface area contributed by atoms with Gasteiger partial charge in [0.1, 0.15) is 12.0 Å². The summed E-state index contributed by atoms with van der Waals surface area (Å²) in [6.45, 7) is 8.20. The molecule has 0 saturated carbocycles. The highest BCUT2D eigenvalue weighted by atomic mass is 16.5. The van der Waals surface area contributed by atoms with Crippen molar-refractivity contribution in [2.24, 2.45) is 0 Å². The van der Waals surface area contributed by atoms with Crippen molar-refractivity contribution in [3.05, 3.63) is 65.5 Å². The number of aromatic nitrogens is 1. The quantitative estimate of drug-likeness (QED) is 0.557. The molecule has 0 saturated heterocycles. The molecule has 1 N–H and O–H groups in total. The molecule has 7 heteroatoms. The first-order valence-corrected chi connectivity index (χ1v) is 9.96. The average Bonchev–Trinajstić information content (AvgIpc) is 3.23. The predicted molar refractivity (Wildman–Crippen MR) is 118 cm³/mol. The van der Waals surface area contributed by atoms with Gasteiger partial charge in [-0.2, -0.15) is 0 Å². The van der Waals surface area contributed by atoms with Crippen LogP contribution in [0.3, 0.4) is 0 Å². The van der Waals surface area contributed by atoms with E-state index in [1.54, 1.807) is 37.3 Å². The van der Waals surface area contributed by atoms with Crippen LogP contribution in [0.5, 0.6) is 5.75 Å². The second-order valence-corrected chi connectivity index (χ2v) is 8.00. The van der Waals surface area contributed by atoms with Crippen LogP contribution in [-0.2, 0) is 10.2 Å². The summed E-state index contributed by atoms with van der Waals surface area (Å²) < 4.78 is 15.4. The van der Waals surface area contributed by atoms with Crippen molar-refractivity contribution in [1.82, 2.24) is 5.16 Å². The monoisotopic (exact) mass is 422 g/mol. The number of carbonyl (C=O) groups excluding carboxylic acids is 2. The van der Waals surface area contributed by atoms with Crippen molar-refractivity contribution in [1.29, 1.82) is 0 Å². The number of ether oxygens (including phenoxy) is 2. The summed E-state index contributed by atoms with van der Waals surface area (Å²) in [7, 11) is 1.53. The van der Waals surface area contributed by atoms with Gasteiger partial charge in [-0.1, -0.05) is 44.1 Å². The second-order valence-electron chi connectivity index (χ2n) is 8.00. The third kappa shape index (κ3) is 4.94. The summed E-state index contributed by atoms with van der Waals surface area (Å²) in [5.74, 6) is -0.370. The van der Waals surface area contributed by atoms with Gasteiger partial charge in [0.2, 0.25) is 0 Å². The zero-order valence-corrected chi connectivity index (χ0v) is 18.3. The molecule has 1 aromatic heterocycles. The van der Waals surface area contributed by atoms with Crippen LogP contribution in [0.15, 0.2) is 53.3 Å². The maximum Gasteiger partial charge on any atom is 0.361 e. The lowest BCUT2D eigenvalue weighted by Gasteiger charge is -2.21. The van der Waals surface area contributed by atoms with Crippen LogP contribution in [0.2, 0.25) is 0 Å². The van der Waals surface area contributed by atoms with Crippen LogP contribution < -0.4 is 10.1 Å². The number of carbonyl (C=O) groups is 2. The van der Waals surface area contributed by atoms with Crippen molar-refractivity contribution in [2.45, 2.75) is 33.1 Å². The molecule has 2 aromatic carbocycles. The molecule has 1 amide bonds. The Morgan fingerprint density at radius 3 is 2.58 bits per heavy atom. The zero-order chi connectivity index (χ0) is 22.6. The Kier molecular flexibility index (Phi) is 6.44. The van der Waals surface area contributed by atoms with Crippen LogP contribution in [0.25, 0.3) is 11.1 Å². The fourth-order valence-corrected chi connectivity index (χ4v) is 3.10. The topological polar surface area (TPSA) is 90.7 Å². The van der Waals surface area contributed by atoms with E-state index in [4.69, 9.17) is 14.0 Å². The number of rotatable bonds is 6. The molecule has 31 heavy (non-hydrogen) atoms. The number of nitrogens with one attached hydrogen (secondary N) is 1. The first-order chi connectivity index (χ1) is 14.7. The lowest BCUT2D eigenvalue weighted by atomic mass is 9.86. The molecule has 3 rings (SSSR count). The first kappa shape index (κ1) is 22.1. The van der Waals surface area contributed by atoms with E-state index >= 15 is 0 Å². The van der Waals surface area contributed by atoms with E-state index < -0.39 is 5.97 Å². The Bertz CT molecular complexity index is 1100. The second kappa shape index (κ2) is 9.04. The maximum absolute atomic E-state index is 13.0. The summed E-state index contributed by atoms with van der Waals surface area (Å²) >= 11 is 0. The number of esters is 1. The van der Waals surface area contributed by atoms with E-state index in [9.17, 15) is 9.59 Å². The van der Waals surface area contributed by atoms with Gasteiger partial charge in [-0.3, -0.25) is 4.79 Å². The number of methoxy groups -OCH3 is 1. The van der Waals surface area contributed by atoms with Crippen molar-refractivity contribution in [2.75, 3.05) is 19.0 Å². The van der Waals surface area contributed by atoms with Crippen LogP contribution in [-0.4, -0.2) is 30.7 Å². The summed E-state index contributed by atoms with van der Waals surface area (Å²) in [5, 5.41) is 6.65. The highest BCUT2D eigenvalue weighted by Gasteiger charge is 2.21. The molecule has 162 valence electrons. The van der Waals surface area contributed by atoms with Crippen LogP contribution in [0, 0.1) is 0 Å². The van der Waals surface area contributed by atoms with Crippen molar-refractivity contribution in [3.8, 4) is 16.9 Å². The summed E-state index contributed by atoms with van der Waals surface area (Å²) in [6, 6.07) is 12.7. The SMILES string of the molecule is CCOC(=O)c1nocc1-c1cccc(NC(=O)c2cc(C(C)(C)C)ccc2OC)c1. The summed E-state index contributed by atoms with van der Waals surface area (Å²) in [5.41, 5.74) is 3.15. The number of anilines is 1. The number of nitrogens with zero attached hydrogens (tertiary/aromatic N) is 1. The molecule has 0 radical (unpaired) electrons. The average molecular weight is 422 g/mol. The minimum Gasteiger partial charge on any atom is -0.496 e. The Morgan fingerprint density at radius 2 is 1.90 bits per heavy atom. The molecule has 1 heterocycles. The predicted octanol–water partition coefficient (Wildman–Crippen LogP) is 5.08. The highest BCUT2D eigenvalue weighted by molar-refractivity contribution is 6.06. The zero-order valence-electron chi connectivity index (χ0n) is 18.3. The van der Waals surface area contributed by atoms with E-state index in [1.165, 1.54) is 13.4 Å². The van der Waals surface area contributed by atoms with Gasteiger partial charge in [0.15, 0.2) is 5.69 Å². The molecule has 0 aliphatic carbocycles. The van der Waals surface area contributed by atoms with Gasteiger partial charge in [-0.25, -0.2) is 4.79 Å². The molecule has 0 fully saturated rings. The number of amides is 1. The van der Waals surface area contributed by atoms with Gasteiger partial charge in [0.05, 0.1) is 24.8 Å². The molecular weight excluding hydrogens is 396 g/mol. The van der Waals surface area contributed by atoms with Crippen LogP contribution in [0.1, 0.15) is 54.1 Å². The molecule has 0 unspecified atom stereocenters. The lowest BCUT2D eigenvalue weighted by Crippen LogP contribution is -2.17. The van der Waals surface area contributed by atoms with Crippen molar-refractivity contribution < 1.29 is 23.6 Å². The van der Waals surface area contributed by atoms with Gasteiger partial charge in [0, 0.05) is 5.69 Å². The lowest BCUT2D eigenvalue weighted by molar-refractivity contribution is 0.0515. The molecule has 0 aliphatic rings. The Hall–Kier alpha value is -3.61. The third-order valence-electron chi connectivity index (χ3n) is 4.78. The molecule has 0 bridgehead atoms. The Labute approximate surface area is 181 Å². The van der Waals surface area contributed by atoms with Crippen molar-refractivity contribution in [3.63, 3.8) is 0 Å². The van der Waals surface area contributed by atoms with Gasteiger partial charge >= 0.3 is 5.97 Å². The first-order valence-electron chi connectivity index (χ1n) is 9.96. The normalized spacial score (nSPS) is 11.1. The fourth-order valence-electron chi connectivity index (χ4n) is 3.10. The molecule has 7 nitrogen and oxygen atoms in total.